The van der Waals surface area contributed by atoms with Gasteiger partial charge in [-0.2, -0.15) is 16.5 Å². The van der Waals surface area contributed by atoms with Gasteiger partial charge in [-0.15, -0.1) is 0 Å². The summed E-state index contributed by atoms with van der Waals surface area (Å²) in [6.07, 6.45) is 1.96. The summed E-state index contributed by atoms with van der Waals surface area (Å²) in [6, 6.07) is 10.5. The molecule has 2 N–H and O–H groups in total. The predicted molar refractivity (Wildman–Crippen MR) is 131 cm³/mol. The minimum atomic E-state index is -4.03. The number of sulfonamides is 1. The van der Waals surface area contributed by atoms with Gasteiger partial charge in [-0.3, -0.25) is 9.59 Å². The van der Waals surface area contributed by atoms with E-state index < -0.39 is 40.5 Å². The molecule has 0 fully saturated rings. The van der Waals surface area contributed by atoms with Crippen molar-refractivity contribution in [2.75, 3.05) is 30.5 Å². The quantitative estimate of drug-likeness (QED) is 0.402. The summed E-state index contributed by atoms with van der Waals surface area (Å²) in [5.74, 6) is -1.74. The third-order valence-corrected chi connectivity index (χ3v) is 6.74. The molecule has 2 rings (SSSR count). The number of halogens is 1. The number of ether oxygens (including phenoxy) is 2. The number of rotatable bonds is 12. The molecule has 12 heteroatoms. The van der Waals surface area contributed by atoms with E-state index in [-0.39, 0.29) is 29.2 Å². The van der Waals surface area contributed by atoms with Crippen molar-refractivity contribution in [2.45, 2.75) is 24.3 Å². The summed E-state index contributed by atoms with van der Waals surface area (Å²) in [6.45, 7) is 1.16. The molecule has 0 aromatic heterocycles. The van der Waals surface area contributed by atoms with Crippen molar-refractivity contribution in [2.24, 2.45) is 0 Å². The molecule has 0 aliphatic heterocycles. The molecule has 0 spiro atoms. The first-order chi connectivity index (χ1) is 16.2. The third kappa shape index (κ3) is 8.32. The van der Waals surface area contributed by atoms with Crippen LogP contribution in [-0.2, 0) is 29.1 Å². The molecular formula is C22H25ClN2O7S2. The fourth-order valence-corrected chi connectivity index (χ4v) is 4.55. The Morgan fingerprint density at radius 3 is 2.38 bits per heavy atom. The molecule has 1 amide bonds. The molecule has 0 saturated heterocycles. The molecule has 0 aliphatic carbocycles. The van der Waals surface area contributed by atoms with Crippen molar-refractivity contribution >= 4 is 56.9 Å². The van der Waals surface area contributed by atoms with Crippen molar-refractivity contribution in [3.05, 3.63) is 59.1 Å². The van der Waals surface area contributed by atoms with Gasteiger partial charge in [0.25, 0.3) is 5.91 Å². The second kappa shape index (κ2) is 13.3. The molecule has 2 aromatic rings. The summed E-state index contributed by atoms with van der Waals surface area (Å²) in [5, 5.41) is 2.86. The highest BCUT2D eigenvalue weighted by atomic mass is 35.5. The lowest BCUT2D eigenvalue weighted by atomic mass is 10.2. The van der Waals surface area contributed by atoms with Crippen LogP contribution in [0.4, 0.5) is 5.69 Å². The number of amides is 1. The molecule has 0 heterocycles. The van der Waals surface area contributed by atoms with Crippen molar-refractivity contribution in [3.8, 4) is 0 Å². The molecule has 184 valence electrons. The van der Waals surface area contributed by atoms with Crippen LogP contribution in [0.25, 0.3) is 0 Å². The lowest BCUT2D eigenvalue weighted by molar-refractivity contribution is -0.149. The van der Waals surface area contributed by atoms with E-state index in [9.17, 15) is 22.8 Å². The number of anilines is 1. The number of benzene rings is 2. The molecule has 9 nitrogen and oxygen atoms in total. The molecular weight excluding hydrogens is 504 g/mol. The molecule has 34 heavy (non-hydrogen) atoms. The minimum Gasteiger partial charge on any atom is -0.462 e. The molecule has 0 saturated carbocycles. The van der Waals surface area contributed by atoms with Crippen LogP contribution >= 0.6 is 23.4 Å². The van der Waals surface area contributed by atoms with E-state index in [4.69, 9.17) is 21.1 Å². The Morgan fingerprint density at radius 2 is 1.74 bits per heavy atom. The number of esters is 2. The molecule has 2 aromatic carbocycles. The predicted octanol–water partition coefficient (Wildman–Crippen LogP) is 3.10. The van der Waals surface area contributed by atoms with Gasteiger partial charge >= 0.3 is 11.9 Å². The van der Waals surface area contributed by atoms with E-state index in [0.717, 1.165) is 0 Å². The van der Waals surface area contributed by atoms with Crippen LogP contribution in [0.2, 0.25) is 5.02 Å². The maximum absolute atomic E-state index is 12.7. The van der Waals surface area contributed by atoms with Crippen molar-refractivity contribution in [1.29, 1.82) is 0 Å². The van der Waals surface area contributed by atoms with Crippen molar-refractivity contribution in [3.63, 3.8) is 0 Å². The zero-order chi connectivity index (χ0) is 25.1. The van der Waals surface area contributed by atoms with Gasteiger partial charge in [0.15, 0.2) is 6.61 Å². The SMILES string of the molecule is CCOC(=O)c1ccccc1NC(=O)COC(=O)[C@@H](CCSC)NS(=O)(=O)c1ccc(Cl)cc1. The number of carbonyl (C=O) groups is 3. The minimum absolute atomic E-state index is 0.0628. The van der Waals surface area contributed by atoms with Gasteiger partial charge in [0.05, 0.1) is 22.8 Å². The second-order valence-electron chi connectivity index (χ2n) is 6.83. The van der Waals surface area contributed by atoms with E-state index in [1.54, 1.807) is 19.1 Å². The van der Waals surface area contributed by atoms with Crippen molar-refractivity contribution in [1.82, 2.24) is 4.72 Å². The Kier molecular flexibility index (Phi) is 10.8. The van der Waals surface area contributed by atoms with Gasteiger partial charge < -0.3 is 14.8 Å². The van der Waals surface area contributed by atoms with Gasteiger partial charge in [0.2, 0.25) is 10.0 Å². The first kappa shape index (κ1) is 27.6. The van der Waals surface area contributed by atoms with Gasteiger partial charge in [0, 0.05) is 5.02 Å². The van der Waals surface area contributed by atoms with Crippen LogP contribution in [0, 0.1) is 0 Å². The maximum Gasteiger partial charge on any atom is 0.340 e. The van der Waals surface area contributed by atoms with Gasteiger partial charge in [-0.05, 0) is 61.8 Å². The third-order valence-electron chi connectivity index (χ3n) is 4.36. The summed E-state index contributed by atoms with van der Waals surface area (Å²) < 4.78 is 37.7. The highest BCUT2D eigenvalue weighted by molar-refractivity contribution is 7.98. The fourth-order valence-electron chi connectivity index (χ4n) is 2.73. The maximum atomic E-state index is 12.7. The largest absolute Gasteiger partial charge is 0.462 e. The molecule has 0 aliphatic rings. The zero-order valence-electron chi connectivity index (χ0n) is 18.6. The Labute approximate surface area is 207 Å². The Hall–Kier alpha value is -2.60. The topological polar surface area (TPSA) is 128 Å². The van der Waals surface area contributed by atoms with Crippen LogP contribution < -0.4 is 10.0 Å². The normalized spacial score (nSPS) is 12.0. The van der Waals surface area contributed by atoms with E-state index >= 15 is 0 Å². The molecule has 1 atom stereocenters. The van der Waals surface area contributed by atoms with Gasteiger partial charge in [0.1, 0.15) is 6.04 Å². The first-order valence-corrected chi connectivity index (χ1v) is 13.4. The zero-order valence-corrected chi connectivity index (χ0v) is 21.0. The highest BCUT2D eigenvalue weighted by Crippen LogP contribution is 2.17. The standard InChI is InChI=1S/C22H25ClN2O7S2/c1-3-31-21(27)17-6-4-5-7-18(17)24-20(26)14-32-22(28)19(12-13-33-2)25-34(29,30)16-10-8-15(23)9-11-16/h4-11,19,25H,3,12-14H2,1-2H3,(H,24,26)/t19-/m1/s1. The van der Waals surface area contributed by atoms with Crippen molar-refractivity contribution < 1.29 is 32.3 Å². The second-order valence-corrected chi connectivity index (χ2v) is 9.97. The lowest BCUT2D eigenvalue weighted by Gasteiger charge is -2.17. The monoisotopic (exact) mass is 528 g/mol. The fraction of sp³-hybridized carbons (Fsp3) is 0.318. The van der Waals surface area contributed by atoms with E-state index in [1.165, 1.54) is 48.2 Å². The summed E-state index contributed by atoms with van der Waals surface area (Å²) in [4.78, 5) is 36.9. The summed E-state index contributed by atoms with van der Waals surface area (Å²) in [7, 11) is -4.03. The van der Waals surface area contributed by atoms with E-state index in [1.807, 2.05) is 6.26 Å². The van der Waals surface area contributed by atoms with Crippen LogP contribution in [0.5, 0.6) is 0 Å². The summed E-state index contributed by atoms with van der Waals surface area (Å²) >= 11 is 7.22. The van der Waals surface area contributed by atoms with Gasteiger partial charge in [-0.25, -0.2) is 13.2 Å². The lowest BCUT2D eigenvalue weighted by Crippen LogP contribution is -2.43. The number of nitrogens with one attached hydrogen (secondary N) is 2. The van der Waals surface area contributed by atoms with Crippen LogP contribution in [0.3, 0.4) is 0 Å². The number of para-hydroxylation sites is 1. The average Bonchev–Trinajstić information content (AvgIpc) is 2.81. The Balaban J connectivity index is 2.04. The average molecular weight is 529 g/mol. The van der Waals surface area contributed by atoms with Crippen LogP contribution in [0.1, 0.15) is 23.7 Å². The Morgan fingerprint density at radius 1 is 1.06 bits per heavy atom. The smallest absolute Gasteiger partial charge is 0.340 e. The van der Waals surface area contributed by atoms with Gasteiger partial charge in [-0.1, -0.05) is 23.7 Å². The highest BCUT2D eigenvalue weighted by Gasteiger charge is 2.27. The molecule has 0 radical (unpaired) electrons. The number of hydrogen-bond acceptors (Lipinski definition) is 8. The Bertz CT molecular complexity index is 1110. The summed E-state index contributed by atoms with van der Waals surface area (Å²) in [5.41, 5.74) is 0.349. The number of carbonyl (C=O) groups excluding carboxylic acids is 3. The van der Waals surface area contributed by atoms with E-state index in [2.05, 4.69) is 10.0 Å². The van der Waals surface area contributed by atoms with Crippen LogP contribution in [-0.4, -0.2) is 57.5 Å². The molecule has 0 unspecified atom stereocenters. The van der Waals surface area contributed by atoms with Crippen LogP contribution in [0.15, 0.2) is 53.4 Å². The van der Waals surface area contributed by atoms with E-state index in [0.29, 0.717) is 10.8 Å². The first-order valence-electron chi connectivity index (χ1n) is 10.2. The molecule has 0 bridgehead atoms. The number of thioether (sulfide) groups is 1. The number of hydrogen-bond donors (Lipinski definition) is 2.